The van der Waals surface area contributed by atoms with E-state index in [1.807, 2.05) is 6.20 Å². The van der Waals surface area contributed by atoms with Gasteiger partial charge < -0.3 is 9.64 Å². The molecule has 2 fully saturated rings. The number of benzene rings is 1. The molecular weight excluding hydrogens is 472 g/mol. The van der Waals surface area contributed by atoms with Gasteiger partial charge in [-0.05, 0) is 77.3 Å². The normalized spacial score (nSPS) is 18.3. The Kier molecular flexibility index (Phi) is 6.14. The Morgan fingerprint density at radius 3 is 2.58 bits per heavy atom. The van der Waals surface area contributed by atoms with Crippen molar-refractivity contribution in [3.05, 3.63) is 53.7 Å². The molecule has 5 heterocycles. The van der Waals surface area contributed by atoms with E-state index >= 15 is 0 Å². The minimum atomic E-state index is -0.224. The molecule has 7 nitrogen and oxygen atoms in total. The van der Waals surface area contributed by atoms with Gasteiger partial charge in [0, 0.05) is 49.1 Å². The summed E-state index contributed by atoms with van der Waals surface area (Å²) in [5, 5.41) is 5.11. The van der Waals surface area contributed by atoms with Crippen molar-refractivity contribution in [2.45, 2.75) is 59.0 Å². The highest BCUT2D eigenvalue weighted by molar-refractivity contribution is 5.93. The van der Waals surface area contributed by atoms with Crippen molar-refractivity contribution in [2.75, 3.05) is 38.2 Å². The Balaban J connectivity index is 1.45. The summed E-state index contributed by atoms with van der Waals surface area (Å²) < 4.78 is 7.94. The van der Waals surface area contributed by atoms with Gasteiger partial charge in [0.1, 0.15) is 28.5 Å². The Bertz CT molecular complexity index is 1480. The Hall–Kier alpha value is -3.45. The number of fused-ring (bicyclic) bond motifs is 2. The number of ether oxygens (including phenoxy) is 1. The lowest BCUT2D eigenvalue weighted by Gasteiger charge is -2.38. The van der Waals surface area contributed by atoms with Gasteiger partial charge in [-0.2, -0.15) is 5.10 Å². The molecule has 0 saturated carbocycles. The third-order valence-corrected chi connectivity index (χ3v) is 8.27. The molecule has 2 aliphatic rings. The van der Waals surface area contributed by atoms with E-state index in [4.69, 9.17) is 19.8 Å². The third kappa shape index (κ3) is 4.23. The molecule has 0 bridgehead atoms. The molecule has 0 radical (unpaired) electrons. The van der Waals surface area contributed by atoms with Crippen molar-refractivity contribution >= 4 is 16.9 Å². The minimum absolute atomic E-state index is 0.224. The van der Waals surface area contributed by atoms with Crippen LogP contribution in [0.4, 0.5) is 5.82 Å². The fraction of sp³-hybridized carbons (Fsp3) is 0.452. The molecular formula is C31H38N6O. The van der Waals surface area contributed by atoms with Gasteiger partial charge in [-0.15, -0.1) is 0 Å². The van der Waals surface area contributed by atoms with Crippen LogP contribution >= 0.6 is 0 Å². The van der Waals surface area contributed by atoms with Crippen LogP contribution < -0.4 is 9.64 Å². The molecule has 0 amide bonds. The average molecular weight is 511 g/mol. The predicted molar refractivity (Wildman–Crippen MR) is 154 cm³/mol. The Labute approximate surface area is 225 Å². The second-order valence-corrected chi connectivity index (χ2v) is 11.8. The fourth-order valence-electron chi connectivity index (χ4n) is 6.00. The van der Waals surface area contributed by atoms with Crippen molar-refractivity contribution in [1.29, 1.82) is 0 Å². The maximum atomic E-state index is 5.87. The second kappa shape index (κ2) is 9.38. The molecule has 0 N–H and O–H groups in total. The molecule has 6 rings (SSSR count). The van der Waals surface area contributed by atoms with E-state index in [0.717, 1.165) is 64.7 Å². The molecule has 1 unspecified atom stereocenters. The first kappa shape index (κ1) is 24.9. The maximum Gasteiger partial charge on any atom is 0.147 e. The Morgan fingerprint density at radius 1 is 1.00 bits per heavy atom. The van der Waals surface area contributed by atoms with Gasteiger partial charge in [-0.1, -0.05) is 18.2 Å². The third-order valence-electron chi connectivity index (χ3n) is 8.27. The molecule has 198 valence electrons. The number of nitrogens with zero attached hydrogens (tertiary/aromatic N) is 6. The monoisotopic (exact) mass is 510 g/mol. The number of aromatic nitrogens is 4. The lowest BCUT2D eigenvalue weighted by molar-refractivity contribution is 0.230. The van der Waals surface area contributed by atoms with Gasteiger partial charge >= 0.3 is 0 Å². The van der Waals surface area contributed by atoms with Crippen LogP contribution in [0.15, 0.2) is 42.6 Å². The van der Waals surface area contributed by atoms with Crippen LogP contribution in [0.2, 0.25) is 0 Å². The van der Waals surface area contributed by atoms with Gasteiger partial charge in [0.25, 0.3) is 0 Å². The second-order valence-electron chi connectivity index (χ2n) is 11.8. The van der Waals surface area contributed by atoms with E-state index in [0.29, 0.717) is 6.04 Å². The number of rotatable bonds is 4. The summed E-state index contributed by atoms with van der Waals surface area (Å²) in [5.74, 6) is 1.80. The van der Waals surface area contributed by atoms with Crippen molar-refractivity contribution < 1.29 is 4.74 Å². The summed E-state index contributed by atoms with van der Waals surface area (Å²) in [6, 6.07) is 13.4. The maximum absolute atomic E-state index is 5.87. The van der Waals surface area contributed by atoms with Gasteiger partial charge in [0.15, 0.2) is 0 Å². The first-order valence-corrected chi connectivity index (χ1v) is 13.7. The zero-order valence-electron chi connectivity index (χ0n) is 23.5. The summed E-state index contributed by atoms with van der Waals surface area (Å²) in [7, 11) is 1.71. The van der Waals surface area contributed by atoms with Gasteiger partial charge in [-0.25, -0.2) is 9.97 Å². The van der Waals surface area contributed by atoms with E-state index in [2.05, 4.69) is 85.5 Å². The topological polar surface area (TPSA) is 59.3 Å². The summed E-state index contributed by atoms with van der Waals surface area (Å²) in [6.45, 7) is 15.2. The lowest BCUT2D eigenvalue weighted by atomic mass is 9.99. The number of methoxy groups -OCH3 is 1. The first-order valence-electron chi connectivity index (χ1n) is 13.7. The number of anilines is 1. The Morgan fingerprint density at radius 2 is 1.84 bits per heavy atom. The number of aryl methyl sites for hydroxylation is 1. The lowest BCUT2D eigenvalue weighted by Crippen LogP contribution is -2.50. The molecule has 4 aromatic rings. The quantitative estimate of drug-likeness (QED) is 0.345. The highest BCUT2D eigenvalue weighted by atomic mass is 16.5. The van der Waals surface area contributed by atoms with Crippen LogP contribution in [-0.2, 0) is 5.54 Å². The summed E-state index contributed by atoms with van der Waals surface area (Å²) in [4.78, 5) is 15.2. The van der Waals surface area contributed by atoms with Gasteiger partial charge in [-0.3, -0.25) is 9.58 Å². The van der Waals surface area contributed by atoms with Crippen LogP contribution in [0, 0.1) is 13.8 Å². The standard InChI is InChI=1S/C31H38N6O/c1-20-9-7-11-24(21(20)2)29-26(38-6)17-25-30(33-29)28(34-37(25)31(3,4)5)22-12-13-27(32-18-22)36-16-15-35-14-8-10-23(35)19-36/h7,9,11-13,17-18,23H,8,10,14-16,19H2,1-6H3. The smallest absolute Gasteiger partial charge is 0.147 e. The zero-order valence-corrected chi connectivity index (χ0v) is 23.5. The van der Waals surface area contributed by atoms with E-state index in [1.54, 1.807) is 7.11 Å². The molecule has 38 heavy (non-hydrogen) atoms. The van der Waals surface area contributed by atoms with Gasteiger partial charge in [0.05, 0.1) is 18.2 Å². The first-order chi connectivity index (χ1) is 18.2. The van der Waals surface area contributed by atoms with Crippen molar-refractivity contribution in [3.63, 3.8) is 0 Å². The highest BCUT2D eigenvalue weighted by Crippen LogP contribution is 2.38. The van der Waals surface area contributed by atoms with Crippen molar-refractivity contribution in [3.8, 4) is 28.3 Å². The van der Waals surface area contributed by atoms with Crippen molar-refractivity contribution in [2.24, 2.45) is 0 Å². The summed E-state index contributed by atoms with van der Waals surface area (Å²) >= 11 is 0. The van der Waals surface area contributed by atoms with E-state index in [9.17, 15) is 0 Å². The van der Waals surface area contributed by atoms with E-state index < -0.39 is 0 Å². The van der Waals surface area contributed by atoms with Crippen LogP contribution in [0.3, 0.4) is 0 Å². The summed E-state index contributed by atoms with van der Waals surface area (Å²) in [5.41, 5.74) is 7.79. The SMILES string of the molecule is COc1cc2c(nc1-c1cccc(C)c1C)c(-c1ccc(N3CCN4CCCC4C3)nc1)nn2C(C)(C)C. The molecule has 0 spiro atoms. The van der Waals surface area contributed by atoms with Crippen LogP contribution in [0.5, 0.6) is 5.75 Å². The largest absolute Gasteiger partial charge is 0.494 e. The van der Waals surface area contributed by atoms with Crippen LogP contribution in [-0.4, -0.2) is 64.0 Å². The predicted octanol–water partition coefficient (Wildman–Crippen LogP) is 5.83. The average Bonchev–Trinajstić information content (AvgIpc) is 3.53. The number of pyridine rings is 2. The van der Waals surface area contributed by atoms with Crippen LogP contribution in [0.25, 0.3) is 33.5 Å². The fourth-order valence-corrected chi connectivity index (χ4v) is 6.00. The number of piperazine rings is 1. The molecule has 2 saturated heterocycles. The molecule has 1 atom stereocenters. The number of hydrogen-bond donors (Lipinski definition) is 0. The highest BCUT2D eigenvalue weighted by Gasteiger charge is 2.31. The molecule has 1 aromatic carbocycles. The van der Waals surface area contributed by atoms with E-state index in [-0.39, 0.29) is 5.54 Å². The molecule has 2 aliphatic heterocycles. The zero-order chi connectivity index (χ0) is 26.6. The van der Waals surface area contributed by atoms with Crippen molar-refractivity contribution in [1.82, 2.24) is 24.6 Å². The molecule has 3 aromatic heterocycles. The minimum Gasteiger partial charge on any atom is -0.494 e. The van der Waals surface area contributed by atoms with Gasteiger partial charge in [0.2, 0.25) is 0 Å². The molecule has 7 heteroatoms. The van der Waals surface area contributed by atoms with E-state index in [1.165, 1.54) is 30.5 Å². The summed E-state index contributed by atoms with van der Waals surface area (Å²) in [6.07, 6.45) is 4.58. The molecule has 0 aliphatic carbocycles. The van der Waals surface area contributed by atoms with Crippen LogP contribution in [0.1, 0.15) is 44.7 Å². The number of hydrogen-bond acceptors (Lipinski definition) is 6.